The molecule has 1 amide bonds. The fraction of sp³-hybridized carbons (Fsp3) is 0.512. The zero-order chi connectivity index (χ0) is 43.3. The quantitative estimate of drug-likeness (QED) is 0.0468. The molecule has 3 aromatic rings. The lowest BCUT2D eigenvalue weighted by Gasteiger charge is -2.10. The summed E-state index contributed by atoms with van der Waals surface area (Å²) in [6, 6.07) is 16.8. The van der Waals surface area contributed by atoms with Gasteiger partial charge in [0, 0.05) is 32.2 Å². The van der Waals surface area contributed by atoms with Gasteiger partial charge in [-0.1, -0.05) is 57.1 Å². The molecule has 1 aromatic heterocycles. The average Bonchev–Trinajstić information content (AvgIpc) is 3.22. The van der Waals surface area contributed by atoms with Crippen LogP contribution in [0.5, 0.6) is 11.5 Å². The third kappa shape index (κ3) is 22.4. The fourth-order valence-corrected chi connectivity index (χ4v) is 6.75. The van der Waals surface area contributed by atoms with Crippen LogP contribution >= 0.6 is 0 Å². The van der Waals surface area contributed by atoms with Gasteiger partial charge in [-0.2, -0.15) is 0 Å². The molecule has 3 rings (SSSR count). The predicted molar refractivity (Wildman–Crippen MR) is 223 cm³/mol. The molecule has 0 aliphatic heterocycles. The average molecular weight is 858 g/mol. The number of aliphatic carboxylic acids is 2. The highest BCUT2D eigenvalue weighted by Gasteiger charge is 2.16. The lowest BCUT2D eigenvalue weighted by Crippen LogP contribution is -2.28. The Morgan fingerprint density at radius 3 is 1.78 bits per heavy atom. The third-order valence-corrected chi connectivity index (χ3v) is 10.3. The number of nitrogens with one attached hydrogen (secondary N) is 2. The number of unbranched alkanes of at least 4 members (excludes halogenated alkanes) is 8. The molecule has 0 aliphatic rings. The van der Waals surface area contributed by atoms with Gasteiger partial charge in [0.05, 0.1) is 43.5 Å². The Kier molecular flexibility index (Phi) is 24.1. The number of carbonyl (C=O) groups is 4. The summed E-state index contributed by atoms with van der Waals surface area (Å²) in [5.74, 6) is -1.08. The van der Waals surface area contributed by atoms with Crippen molar-refractivity contribution in [2.45, 2.75) is 88.4 Å². The van der Waals surface area contributed by atoms with Gasteiger partial charge in [-0.15, -0.1) is 0 Å². The molecular weight excluding hydrogens is 799 g/mol. The molecule has 0 aliphatic carbocycles. The van der Waals surface area contributed by atoms with Crippen LogP contribution in [0.3, 0.4) is 0 Å². The smallest absolute Gasteiger partial charge is 0.329 e. The van der Waals surface area contributed by atoms with Crippen LogP contribution in [-0.2, 0) is 49.8 Å². The highest BCUT2D eigenvalue weighted by molar-refractivity contribution is 7.92. The molecular formula is C43H59N3O13S. The van der Waals surface area contributed by atoms with Crippen LogP contribution in [-0.4, -0.2) is 107 Å². The molecule has 0 atom stereocenters. The summed E-state index contributed by atoms with van der Waals surface area (Å²) in [7, 11) is -3.96. The number of rotatable bonds is 35. The van der Waals surface area contributed by atoms with Gasteiger partial charge in [-0.25, -0.2) is 18.2 Å². The van der Waals surface area contributed by atoms with Crippen LogP contribution < -0.4 is 14.8 Å². The number of aromatic nitrogens is 1. The van der Waals surface area contributed by atoms with Crippen molar-refractivity contribution in [3.05, 3.63) is 78.0 Å². The first-order valence-corrected chi connectivity index (χ1v) is 21.9. The molecule has 17 heteroatoms. The van der Waals surface area contributed by atoms with E-state index in [1.54, 1.807) is 12.1 Å². The van der Waals surface area contributed by atoms with Gasteiger partial charge < -0.3 is 39.2 Å². The van der Waals surface area contributed by atoms with E-state index in [1.165, 1.54) is 68.1 Å². The minimum atomic E-state index is -3.96. The Morgan fingerprint density at radius 1 is 0.583 bits per heavy atom. The Morgan fingerprint density at radius 2 is 1.17 bits per heavy atom. The van der Waals surface area contributed by atoms with Crippen molar-refractivity contribution in [1.82, 2.24) is 10.3 Å². The number of anilines is 1. The van der Waals surface area contributed by atoms with Crippen LogP contribution in [0, 0.1) is 0 Å². The number of amides is 1. The molecule has 16 nitrogen and oxygen atoms in total. The van der Waals surface area contributed by atoms with Gasteiger partial charge in [0.1, 0.15) is 30.5 Å². The van der Waals surface area contributed by atoms with E-state index in [-0.39, 0.29) is 87.7 Å². The summed E-state index contributed by atoms with van der Waals surface area (Å²) < 4.78 is 55.2. The van der Waals surface area contributed by atoms with Gasteiger partial charge in [-0.3, -0.25) is 19.1 Å². The van der Waals surface area contributed by atoms with E-state index < -0.39 is 27.9 Å². The second-order valence-electron chi connectivity index (χ2n) is 14.0. The molecule has 0 unspecified atom stereocenters. The van der Waals surface area contributed by atoms with Crippen molar-refractivity contribution in [3.63, 3.8) is 0 Å². The van der Waals surface area contributed by atoms with E-state index in [9.17, 15) is 27.6 Å². The lowest BCUT2D eigenvalue weighted by molar-refractivity contribution is -0.143. The summed E-state index contributed by atoms with van der Waals surface area (Å²) in [5, 5.41) is 19.9. The monoisotopic (exact) mass is 857 g/mol. The summed E-state index contributed by atoms with van der Waals surface area (Å²) in [5.41, 5.74) is 1.46. The van der Waals surface area contributed by atoms with Crippen LogP contribution in [0.15, 0.2) is 71.8 Å². The maximum Gasteiger partial charge on any atom is 0.329 e. The van der Waals surface area contributed by atoms with E-state index >= 15 is 0 Å². The van der Waals surface area contributed by atoms with Crippen molar-refractivity contribution in [3.8, 4) is 11.5 Å². The van der Waals surface area contributed by atoms with Crippen LogP contribution in [0.1, 0.15) is 93.0 Å². The van der Waals surface area contributed by atoms with Crippen LogP contribution in [0.4, 0.5) is 5.82 Å². The summed E-state index contributed by atoms with van der Waals surface area (Å²) in [4.78, 5) is 49.4. The van der Waals surface area contributed by atoms with Crippen molar-refractivity contribution in [2.24, 2.45) is 0 Å². The van der Waals surface area contributed by atoms with Gasteiger partial charge in [0.2, 0.25) is 0 Å². The highest BCUT2D eigenvalue weighted by Crippen LogP contribution is 2.25. The number of aryl methyl sites for hydroxylation is 1. The van der Waals surface area contributed by atoms with Crippen molar-refractivity contribution in [2.75, 3.05) is 64.1 Å². The van der Waals surface area contributed by atoms with E-state index in [2.05, 4.69) is 15.0 Å². The first kappa shape index (κ1) is 49.4. The number of carboxylic acid groups (broad SMARTS) is 2. The third-order valence-electron chi connectivity index (χ3n) is 8.92. The molecule has 0 bridgehead atoms. The predicted octanol–water partition coefficient (Wildman–Crippen LogP) is 6.43. The minimum Gasteiger partial charge on any atom is -0.481 e. The standard InChI is InChI=1S/C43H59N3O13S/c47-36(12-10-25-55-27-30-58-33-42(50)51)32-57-29-28-56-26-24-44-43(52)35-16-23-40(45-31-35)46-60(53,54)39-21-19-38(20-22-39)59-37-17-14-34(15-18-37)11-8-6-4-2-1-3-5-7-9-13-41(48)49/h14-23,31H,1-13,24-30,32-33H2,(H,44,52)(H,45,46)(H,48,49)(H,50,51). The Bertz CT molecular complexity index is 1810. The number of carbonyl (C=O) groups excluding carboxylic acids is 2. The molecule has 1 heterocycles. The SMILES string of the molecule is O=C(O)CCCCCCCCCCCc1ccc(Oc2ccc(S(=O)(=O)Nc3ccc(C(=O)NCCOCCOCC(=O)CCCOCCOCC(=O)O)cn3)cc2)cc1. The van der Waals surface area contributed by atoms with Crippen LogP contribution in [0.2, 0.25) is 0 Å². The molecule has 0 saturated carbocycles. The molecule has 0 saturated heterocycles. The molecule has 60 heavy (non-hydrogen) atoms. The van der Waals surface area contributed by atoms with Crippen LogP contribution in [0.25, 0.3) is 0 Å². The van der Waals surface area contributed by atoms with E-state index in [0.29, 0.717) is 24.5 Å². The summed E-state index contributed by atoms with van der Waals surface area (Å²) in [6.45, 7) is 1.20. The number of ketones is 1. The largest absolute Gasteiger partial charge is 0.481 e. The number of hydrogen-bond acceptors (Lipinski definition) is 12. The topological polar surface area (TPSA) is 226 Å². The normalized spacial score (nSPS) is 11.3. The maximum absolute atomic E-state index is 13.0. The van der Waals surface area contributed by atoms with Gasteiger partial charge >= 0.3 is 11.9 Å². The van der Waals surface area contributed by atoms with E-state index in [0.717, 1.165) is 32.1 Å². The Labute approximate surface area is 352 Å². The van der Waals surface area contributed by atoms with Crippen molar-refractivity contribution in [1.29, 1.82) is 0 Å². The maximum atomic E-state index is 13.0. The highest BCUT2D eigenvalue weighted by atomic mass is 32.2. The molecule has 4 N–H and O–H groups in total. The van der Waals surface area contributed by atoms with E-state index in [1.807, 2.05) is 24.3 Å². The minimum absolute atomic E-state index is 0.0163. The zero-order valence-electron chi connectivity index (χ0n) is 34.1. The van der Waals surface area contributed by atoms with E-state index in [4.69, 9.17) is 33.9 Å². The number of pyridine rings is 1. The second kappa shape index (κ2) is 29.3. The first-order chi connectivity index (χ1) is 29.0. The summed E-state index contributed by atoms with van der Waals surface area (Å²) >= 11 is 0. The zero-order valence-corrected chi connectivity index (χ0v) is 35.0. The number of carboxylic acids is 2. The number of sulfonamides is 1. The molecule has 2 aromatic carbocycles. The number of hydrogen-bond donors (Lipinski definition) is 4. The molecule has 0 spiro atoms. The number of Topliss-reactive ketones (excluding diaryl/α,β-unsaturated/α-hetero) is 1. The summed E-state index contributed by atoms with van der Waals surface area (Å²) in [6.07, 6.45) is 13.2. The van der Waals surface area contributed by atoms with Gasteiger partial charge in [0.25, 0.3) is 15.9 Å². The van der Waals surface area contributed by atoms with Crippen molar-refractivity contribution >= 4 is 39.5 Å². The van der Waals surface area contributed by atoms with Gasteiger partial charge in [0.15, 0.2) is 5.78 Å². The van der Waals surface area contributed by atoms with Gasteiger partial charge in [-0.05, 0) is 79.8 Å². The molecule has 330 valence electrons. The van der Waals surface area contributed by atoms with Crippen molar-refractivity contribution < 1.29 is 61.5 Å². The fourth-order valence-electron chi connectivity index (χ4n) is 5.74. The number of benzene rings is 2. The first-order valence-electron chi connectivity index (χ1n) is 20.4. The Hall–Kier alpha value is -4.94. The number of ether oxygens (including phenoxy) is 5. The second-order valence-corrected chi connectivity index (χ2v) is 15.6. The lowest BCUT2D eigenvalue weighted by atomic mass is 10.0. The molecule has 0 fully saturated rings. The number of nitrogens with zero attached hydrogens (tertiary/aromatic N) is 1. The Balaban J connectivity index is 1.24. The molecule has 0 radical (unpaired) electrons.